The Morgan fingerprint density at radius 3 is 3.00 bits per heavy atom. The second-order valence-corrected chi connectivity index (χ2v) is 4.76. The average Bonchev–Trinajstić information content (AvgIpc) is 2.60. The summed E-state index contributed by atoms with van der Waals surface area (Å²) >= 11 is 0. The zero-order valence-corrected chi connectivity index (χ0v) is 9.03. The number of benzene rings is 1. The first-order valence-electron chi connectivity index (χ1n) is 5.68. The van der Waals surface area contributed by atoms with Crippen LogP contribution in [0.3, 0.4) is 0 Å². The largest absolute Gasteiger partial charge is 0.462 e. The molecule has 0 N–H and O–H groups in total. The molecule has 3 rings (SSSR count). The average molecular weight is 204 g/mol. The van der Waals surface area contributed by atoms with Crippen LogP contribution in [-0.2, 0) is 11.3 Å². The quantitative estimate of drug-likeness (QED) is 0.646. The van der Waals surface area contributed by atoms with E-state index in [1.54, 1.807) is 0 Å². The van der Waals surface area contributed by atoms with Gasteiger partial charge in [-0.2, -0.15) is 0 Å². The van der Waals surface area contributed by atoms with E-state index in [1.807, 2.05) is 18.2 Å². The maximum absolute atomic E-state index is 6.03. The van der Waals surface area contributed by atoms with Crippen LogP contribution in [0.4, 0.5) is 0 Å². The Kier molecular flexibility index (Phi) is 1.99. The molecule has 80 valence electrons. The van der Waals surface area contributed by atoms with Gasteiger partial charge in [0.15, 0.2) is 0 Å². The zero-order chi connectivity index (χ0) is 10.3. The molecular formula is C13H16O2. The minimum absolute atomic E-state index is 0.312. The molecule has 1 aliphatic carbocycles. The standard InChI is InChI=1S/C13H16O2/c1-10-6-7-13(8-10)14-9-11-4-2-3-5-12(11)15-13/h2-5,10H,6-9H2,1H3. The first kappa shape index (κ1) is 9.22. The monoisotopic (exact) mass is 204 g/mol. The summed E-state index contributed by atoms with van der Waals surface area (Å²) in [4.78, 5) is 0. The van der Waals surface area contributed by atoms with Gasteiger partial charge in [0.2, 0.25) is 5.79 Å². The van der Waals surface area contributed by atoms with Crippen LogP contribution in [-0.4, -0.2) is 5.79 Å². The summed E-state index contributed by atoms with van der Waals surface area (Å²) in [5.41, 5.74) is 1.17. The lowest BCUT2D eigenvalue weighted by Crippen LogP contribution is -2.39. The number of fused-ring (bicyclic) bond motifs is 1. The number of ether oxygens (including phenoxy) is 2. The molecule has 0 saturated heterocycles. The van der Waals surface area contributed by atoms with Crippen LogP contribution in [0.25, 0.3) is 0 Å². The van der Waals surface area contributed by atoms with Crippen molar-refractivity contribution >= 4 is 0 Å². The fourth-order valence-corrected chi connectivity index (χ4v) is 2.59. The molecule has 0 amide bonds. The summed E-state index contributed by atoms with van der Waals surface area (Å²) in [5.74, 6) is 1.42. The predicted molar refractivity (Wildman–Crippen MR) is 57.6 cm³/mol. The fraction of sp³-hybridized carbons (Fsp3) is 0.538. The lowest BCUT2D eigenvalue weighted by molar-refractivity contribution is -0.202. The van der Waals surface area contributed by atoms with Crippen molar-refractivity contribution in [1.82, 2.24) is 0 Å². The first-order chi connectivity index (χ1) is 7.27. The molecule has 0 bridgehead atoms. The van der Waals surface area contributed by atoms with Gasteiger partial charge in [-0.25, -0.2) is 0 Å². The van der Waals surface area contributed by atoms with E-state index in [0.29, 0.717) is 6.61 Å². The van der Waals surface area contributed by atoms with Gasteiger partial charge in [0.05, 0.1) is 6.61 Å². The Hall–Kier alpha value is -1.02. The van der Waals surface area contributed by atoms with Crippen molar-refractivity contribution in [3.8, 4) is 5.75 Å². The van der Waals surface area contributed by atoms with Gasteiger partial charge >= 0.3 is 0 Å². The molecule has 1 aliphatic heterocycles. The van der Waals surface area contributed by atoms with E-state index in [4.69, 9.17) is 9.47 Å². The van der Waals surface area contributed by atoms with Crippen molar-refractivity contribution in [2.75, 3.05) is 0 Å². The highest BCUT2D eigenvalue weighted by Crippen LogP contribution is 2.43. The van der Waals surface area contributed by atoms with Crippen molar-refractivity contribution in [3.05, 3.63) is 29.8 Å². The fourth-order valence-electron chi connectivity index (χ4n) is 2.59. The summed E-state index contributed by atoms with van der Waals surface area (Å²) in [7, 11) is 0. The minimum Gasteiger partial charge on any atom is -0.462 e. The van der Waals surface area contributed by atoms with Gasteiger partial charge in [0.25, 0.3) is 0 Å². The molecular weight excluding hydrogens is 188 g/mol. The molecule has 1 spiro atoms. The molecule has 0 aromatic heterocycles. The van der Waals surface area contributed by atoms with Crippen LogP contribution >= 0.6 is 0 Å². The predicted octanol–water partition coefficient (Wildman–Crippen LogP) is 3.11. The smallest absolute Gasteiger partial charge is 0.211 e. The Labute approximate surface area is 90.2 Å². The minimum atomic E-state index is -0.312. The SMILES string of the molecule is CC1CCC2(C1)OCc1ccccc1O2. The van der Waals surface area contributed by atoms with Crippen molar-refractivity contribution in [2.45, 2.75) is 38.6 Å². The lowest BCUT2D eigenvalue weighted by Gasteiger charge is -2.35. The molecule has 2 aliphatic rings. The second-order valence-electron chi connectivity index (χ2n) is 4.76. The topological polar surface area (TPSA) is 18.5 Å². The van der Waals surface area contributed by atoms with Crippen LogP contribution in [0.15, 0.2) is 24.3 Å². The molecule has 1 saturated carbocycles. The number of rotatable bonds is 0. The van der Waals surface area contributed by atoms with Crippen LogP contribution in [0.5, 0.6) is 5.75 Å². The van der Waals surface area contributed by atoms with Crippen molar-refractivity contribution in [1.29, 1.82) is 0 Å². The molecule has 2 unspecified atom stereocenters. The van der Waals surface area contributed by atoms with E-state index in [9.17, 15) is 0 Å². The summed E-state index contributed by atoms with van der Waals surface area (Å²) in [5, 5.41) is 0. The number of hydrogen-bond donors (Lipinski definition) is 0. The first-order valence-corrected chi connectivity index (χ1v) is 5.68. The highest BCUT2D eigenvalue weighted by molar-refractivity contribution is 5.34. The summed E-state index contributed by atoms with van der Waals surface area (Å²) < 4.78 is 11.9. The van der Waals surface area contributed by atoms with Crippen LogP contribution in [0, 0.1) is 5.92 Å². The molecule has 15 heavy (non-hydrogen) atoms. The van der Waals surface area contributed by atoms with E-state index < -0.39 is 0 Å². The normalized spacial score (nSPS) is 33.8. The number of para-hydroxylation sites is 1. The van der Waals surface area contributed by atoms with Gasteiger partial charge in [0.1, 0.15) is 5.75 Å². The van der Waals surface area contributed by atoms with Crippen LogP contribution in [0.2, 0.25) is 0 Å². The van der Waals surface area contributed by atoms with Gasteiger partial charge in [-0.15, -0.1) is 0 Å². The van der Waals surface area contributed by atoms with E-state index in [2.05, 4.69) is 13.0 Å². The summed E-state index contributed by atoms with van der Waals surface area (Å²) in [6.45, 7) is 2.96. The molecule has 1 fully saturated rings. The van der Waals surface area contributed by atoms with Crippen LogP contribution < -0.4 is 4.74 Å². The number of hydrogen-bond acceptors (Lipinski definition) is 2. The third-order valence-corrected chi connectivity index (χ3v) is 3.44. The van der Waals surface area contributed by atoms with E-state index >= 15 is 0 Å². The Balaban J connectivity index is 1.89. The van der Waals surface area contributed by atoms with Gasteiger partial charge in [-0.3, -0.25) is 0 Å². The molecule has 2 atom stereocenters. The van der Waals surface area contributed by atoms with E-state index in [-0.39, 0.29) is 5.79 Å². The maximum Gasteiger partial charge on any atom is 0.211 e. The second kappa shape index (κ2) is 3.24. The van der Waals surface area contributed by atoms with Crippen LogP contribution in [0.1, 0.15) is 31.7 Å². The van der Waals surface area contributed by atoms with Crippen molar-refractivity contribution in [2.24, 2.45) is 5.92 Å². The van der Waals surface area contributed by atoms with E-state index in [1.165, 1.54) is 12.0 Å². The highest BCUT2D eigenvalue weighted by Gasteiger charge is 2.43. The lowest BCUT2D eigenvalue weighted by atomic mass is 10.1. The molecule has 1 aromatic rings. The third-order valence-electron chi connectivity index (χ3n) is 3.44. The molecule has 2 nitrogen and oxygen atoms in total. The summed E-state index contributed by atoms with van der Waals surface area (Å²) in [6, 6.07) is 8.17. The van der Waals surface area contributed by atoms with Gasteiger partial charge in [-0.1, -0.05) is 25.1 Å². The Bertz CT molecular complexity index is 375. The molecule has 1 heterocycles. The molecule has 0 radical (unpaired) electrons. The molecule has 2 heteroatoms. The van der Waals surface area contributed by atoms with Gasteiger partial charge in [-0.05, 0) is 18.4 Å². The zero-order valence-electron chi connectivity index (χ0n) is 9.03. The molecule has 1 aromatic carbocycles. The van der Waals surface area contributed by atoms with Crippen molar-refractivity contribution in [3.63, 3.8) is 0 Å². The maximum atomic E-state index is 6.03. The highest BCUT2D eigenvalue weighted by atomic mass is 16.7. The Morgan fingerprint density at radius 1 is 1.33 bits per heavy atom. The third kappa shape index (κ3) is 1.53. The summed E-state index contributed by atoms with van der Waals surface area (Å²) in [6.07, 6.45) is 3.27. The van der Waals surface area contributed by atoms with Gasteiger partial charge < -0.3 is 9.47 Å². The van der Waals surface area contributed by atoms with Gasteiger partial charge in [0, 0.05) is 18.4 Å². The van der Waals surface area contributed by atoms with Crippen molar-refractivity contribution < 1.29 is 9.47 Å². The Morgan fingerprint density at radius 2 is 2.20 bits per heavy atom. The van der Waals surface area contributed by atoms with E-state index in [0.717, 1.165) is 24.5 Å².